The molecule has 0 aliphatic carbocycles. The molecule has 0 aromatic carbocycles. The van der Waals surface area contributed by atoms with Gasteiger partial charge in [0.25, 0.3) is 0 Å². The highest BCUT2D eigenvalue weighted by molar-refractivity contribution is 5.63. The molecule has 0 unspecified atom stereocenters. The van der Waals surface area contributed by atoms with Crippen LogP contribution < -0.4 is 0 Å². The number of aliphatic imine (C=N–C) groups is 1. The lowest BCUT2D eigenvalue weighted by Crippen LogP contribution is -2.05. The third kappa shape index (κ3) is 15.6. The van der Waals surface area contributed by atoms with Crippen molar-refractivity contribution >= 4 is 6.21 Å². The summed E-state index contributed by atoms with van der Waals surface area (Å²) >= 11 is 0. The predicted molar refractivity (Wildman–Crippen MR) is 49.8 cm³/mol. The highest BCUT2D eigenvalue weighted by Crippen LogP contribution is 2.07. The molecule has 0 bridgehead atoms. The van der Waals surface area contributed by atoms with E-state index < -0.39 is 0 Å². The quantitative estimate of drug-likeness (QED) is 0.500. The van der Waals surface area contributed by atoms with Gasteiger partial charge in [0.15, 0.2) is 0 Å². The summed E-state index contributed by atoms with van der Waals surface area (Å²) in [5.74, 6) is 0. The van der Waals surface area contributed by atoms with E-state index in [2.05, 4.69) is 25.8 Å². The number of nitrogens with zero attached hydrogens (tertiary/aromatic N) is 1. The van der Waals surface area contributed by atoms with Crippen LogP contribution in [0.1, 0.15) is 41.5 Å². The summed E-state index contributed by atoms with van der Waals surface area (Å²) in [5.41, 5.74) is 0.260. The molecular weight excluding hydrogens is 122 g/mol. The van der Waals surface area contributed by atoms with E-state index in [9.17, 15) is 0 Å². The fraction of sp³-hybridized carbons (Fsp3) is 0.889. The van der Waals surface area contributed by atoms with E-state index >= 15 is 0 Å². The average molecular weight is 143 g/mol. The molecule has 0 aromatic rings. The van der Waals surface area contributed by atoms with Crippen molar-refractivity contribution in [2.75, 3.05) is 6.54 Å². The standard InChI is InChI=1S/C7H15N.C2H6/c1-5-8-6-7(2,3)4;1-2/h6H,5H2,1-4H3;1-2H3. The Morgan fingerprint density at radius 1 is 1.20 bits per heavy atom. The van der Waals surface area contributed by atoms with Crippen molar-refractivity contribution in [3.63, 3.8) is 0 Å². The Balaban J connectivity index is 0. The van der Waals surface area contributed by atoms with Gasteiger partial charge in [-0.15, -0.1) is 0 Å². The predicted octanol–water partition coefficient (Wildman–Crippen LogP) is 3.15. The highest BCUT2D eigenvalue weighted by atomic mass is 14.7. The van der Waals surface area contributed by atoms with E-state index in [-0.39, 0.29) is 5.41 Å². The molecule has 62 valence electrons. The van der Waals surface area contributed by atoms with Crippen molar-refractivity contribution in [3.05, 3.63) is 0 Å². The molecule has 0 N–H and O–H groups in total. The van der Waals surface area contributed by atoms with Gasteiger partial charge in [0.05, 0.1) is 0 Å². The maximum Gasteiger partial charge on any atom is 0.0357 e. The SMILES string of the molecule is CC.CCN=CC(C)(C)C. The smallest absolute Gasteiger partial charge is 0.0357 e. The molecule has 0 fully saturated rings. The first kappa shape index (κ1) is 12.4. The maximum absolute atomic E-state index is 4.12. The van der Waals surface area contributed by atoms with Crippen LogP contribution in [0.15, 0.2) is 4.99 Å². The monoisotopic (exact) mass is 143 g/mol. The van der Waals surface area contributed by atoms with Gasteiger partial charge in [-0.25, -0.2) is 0 Å². The van der Waals surface area contributed by atoms with Gasteiger partial charge in [-0.1, -0.05) is 34.6 Å². The van der Waals surface area contributed by atoms with E-state index in [0.29, 0.717) is 0 Å². The molecular formula is C9H21N. The fourth-order valence-electron chi connectivity index (χ4n) is 0.365. The molecule has 0 saturated heterocycles. The van der Waals surface area contributed by atoms with Crippen LogP contribution in [0.5, 0.6) is 0 Å². The number of hydrogen-bond acceptors (Lipinski definition) is 1. The van der Waals surface area contributed by atoms with Gasteiger partial charge >= 0.3 is 0 Å². The topological polar surface area (TPSA) is 12.4 Å². The molecule has 0 spiro atoms. The normalized spacial score (nSPS) is 11.0. The second kappa shape index (κ2) is 6.79. The van der Waals surface area contributed by atoms with Crippen LogP contribution in [0.3, 0.4) is 0 Å². The number of rotatable bonds is 1. The Hall–Kier alpha value is -0.330. The van der Waals surface area contributed by atoms with Crippen LogP contribution in [0.2, 0.25) is 0 Å². The zero-order valence-corrected chi connectivity index (χ0v) is 8.23. The molecule has 0 atom stereocenters. The summed E-state index contributed by atoms with van der Waals surface area (Å²) in [6, 6.07) is 0. The summed E-state index contributed by atoms with van der Waals surface area (Å²) in [5, 5.41) is 0. The van der Waals surface area contributed by atoms with Crippen LogP contribution in [0, 0.1) is 5.41 Å². The number of hydrogen-bond donors (Lipinski definition) is 0. The molecule has 10 heavy (non-hydrogen) atoms. The van der Waals surface area contributed by atoms with Crippen molar-refractivity contribution in [3.8, 4) is 0 Å². The van der Waals surface area contributed by atoms with E-state index in [1.807, 2.05) is 27.0 Å². The van der Waals surface area contributed by atoms with Gasteiger partial charge in [-0.3, -0.25) is 4.99 Å². The first-order valence-electron chi connectivity index (χ1n) is 4.07. The van der Waals surface area contributed by atoms with Gasteiger partial charge < -0.3 is 0 Å². The van der Waals surface area contributed by atoms with Gasteiger partial charge in [-0.05, 0) is 12.3 Å². The van der Waals surface area contributed by atoms with Crippen LogP contribution in [0.25, 0.3) is 0 Å². The lowest BCUT2D eigenvalue weighted by Gasteiger charge is -2.08. The van der Waals surface area contributed by atoms with E-state index in [0.717, 1.165) is 6.54 Å². The average Bonchev–Trinajstić information content (AvgIpc) is 1.87. The van der Waals surface area contributed by atoms with E-state index in [1.165, 1.54) is 0 Å². The van der Waals surface area contributed by atoms with Crippen LogP contribution in [-0.4, -0.2) is 12.8 Å². The van der Waals surface area contributed by atoms with Crippen molar-refractivity contribution in [1.29, 1.82) is 0 Å². The molecule has 0 aliphatic rings. The Morgan fingerprint density at radius 2 is 1.60 bits per heavy atom. The second-order valence-corrected chi connectivity index (χ2v) is 2.99. The van der Waals surface area contributed by atoms with Crippen LogP contribution >= 0.6 is 0 Å². The van der Waals surface area contributed by atoms with Crippen LogP contribution in [-0.2, 0) is 0 Å². The zero-order chi connectivity index (χ0) is 8.62. The lowest BCUT2D eigenvalue weighted by atomic mass is 9.99. The molecule has 0 aromatic heterocycles. The minimum absolute atomic E-state index is 0.260. The molecule has 1 heteroatoms. The Labute approximate surface area is 65.6 Å². The largest absolute Gasteiger partial charge is 0.297 e. The minimum Gasteiger partial charge on any atom is -0.297 e. The van der Waals surface area contributed by atoms with Crippen molar-refractivity contribution in [2.45, 2.75) is 41.5 Å². The summed E-state index contributed by atoms with van der Waals surface area (Å²) < 4.78 is 0. The lowest BCUT2D eigenvalue weighted by molar-refractivity contribution is 0.604. The van der Waals surface area contributed by atoms with Crippen molar-refractivity contribution in [2.24, 2.45) is 10.4 Å². The van der Waals surface area contributed by atoms with Crippen molar-refractivity contribution in [1.82, 2.24) is 0 Å². The second-order valence-electron chi connectivity index (χ2n) is 2.99. The van der Waals surface area contributed by atoms with E-state index in [1.54, 1.807) is 0 Å². The first-order valence-corrected chi connectivity index (χ1v) is 4.07. The summed E-state index contributed by atoms with van der Waals surface area (Å²) in [4.78, 5) is 4.12. The van der Waals surface area contributed by atoms with Gasteiger partial charge in [0, 0.05) is 12.8 Å². The minimum atomic E-state index is 0.260. The fourth-order valence-corrected chi connectivity index (χ4v) is 0.365. The van der Waals surface area contributed by atoms with Gasteiger partial charge in [0.2, 0.25) is 0 Å². The van der Waals surface area contributed by atoms with E-state index in [4.69, 9.17) is 0 Å². The molecule has 0 rings (SSSR count). The van der Waals surface area contributed by atoms with Crippen molar-refractivity contribution < 1.29 is 0 Å². The maximum atomic E-state index is 4.12. The molecule has 0 radical (unpaired) electrons. The Kier molecular flexibility index (Phi) is 8.38. The third-order valence-electron chi connectivity index (χ3n) is 0.661. The molecule has 0 amide bonds. The third-order valence-corrected chi connectivity index (χ3v) is 0.661. The Bertz CT molecular complexity index is 77.2. The highest BCUT2D eigenvalue weighted by Gasteiger charge is 2.03. The first-order chi connectivity index (χ1) is 4.56. The molecule has 0 heterocycles. The summed E-state index contributed by atoms with van der Waals surface area (Å²) in [6.45, 7) is 13.4. The van der Waals surface area contributed by atoms with Crippen LogP contribution in [0.4, 0.5) is 0 Å². The zero-order valence-electron chi connectivity index (χ0n) is 8.23. The van der Waals surface area contributed by atoms with Gasteiger partial charge in [-0.2, -0.15) is 0 Å². The molecule has 0 aliphatic heterocycles. The molecule has 0 saturated carbocycles. The molecule has 1 nitrogen and oxygen atoms in total. The summed E-state index contributed by atoms with van der Waals surface area (Å²) in [6.07, 6.45) is 1.99. The van der Waals surface area contributed by atoms with Gasteiger partial charge in [0.1, 0.15) is 0 Å². The Morgan fingerprint density at radius 3 is 1.70 bits per heavy atom. The summed E-state index contributed by atoms with van der Waals surface area (Å²) in [7, 11) is 0.